The van der Waals surface area contributed by atoms with Crippen molar-refractivity contribution < 1.29 is 33.8 Å². The zero-order valence-electron chi connectivity index (χ0n) is 30.7. The molecule has 0 aliphatic carbocycles. The van der Waals surface area contributed by atoms with Crippen LogP contribution in [-0.4, -0.2) is 39.0 Å². The molecule has 3 atom stereocenters. The third kappa shape index (κ3) is 9.81. The molecule has 1 saturated heterocycles. The maximum atomic E-state index is 12.4. The first-order valence-corrected chi connectivity index (χ1v) is 19.6. The molecule has 286 valence electrons. The van der Waals surface area contributed by atoms with Crippen LogP contribution >= 0.6 is 11.8 Å². The lowest BCUT2D eigenvalue weighted by atomic mass is 9.97. The van der Waals surface area contributed by atoms with Crippen molar-refractivity contribution in [1.29, 1.82) is 0 Å². The summed E-state index contributed by atoms with van der Waals surface area (Å²) in [7, 11) is 0. The first kappa shape index (κ1) is 38.7. The second-order valence-corrected chi connectivity index (χ2v) is 14.5. The molecule has 1 aromatic heterocycles. The van der Waals surface area contributed by atoms with Crippen molar-refractivity contribution in [1.82, 2.24) is 15.8 Å². The Morgan fingerprint density at radius 1 is 0.732 bits per heavy atom. The number of thioether (sulfide) groups is 1. The number of nitrogens with one attached hydrogen (secondary N) is 2. The van der Waals surface area contributed by atoms with Gasteiger partial charge in [-0.3, -0.25) is 14.8 Å². The number of hydroxylamine groups is 1. The standard InChI is InChI=1S/C45H43N3O7S/c49-28-30-18-20-32(21-19-30)39-26-37(29-56-45-47-42(33-10-3-1-4-11-33)43(55-45)34-12-5-2-6-13-34)53-44(54-39)35-24-22-31(23-25-35)38-15-8-7-14-36(38)27-46-40(50)16-9-17-41(51)48-52/h1-8,10-15,18-25,37,39,44,49,52H,9,16-17,26-29H2,(H,46,50)(H,48,51). The third-order valence-corrected chi connectivity index (χ3v) is 10.6. The van der Waals surface area contributed by atoms with Crippen LogP contribution in [0, 0.1) is 0 Å². The van der Waals surface area contributed by atoms with Crippen LogP contribution in [0.25, 0.3) is 33.7 Å². The van der Waals surface area contributed by atoms with E-state index in [1.165, 1.54) is 11.8 Å². The molecule has 0 saturated carbocycles. The minimum absolute atomic E-state index is 0.0315. The Morgan fingerprint density at radius 3 is 2.11 bits per heavy atom. The van der Waals surface area contributed by atoms with Crippen molar-refractivity contribution in [3.05, 3.63) is 156 Å². The fourth-order valence-electron chi connectivity index (χ4n) is 6.65. The van der Waals surface area contributed by atoms with Gasteiger partial charge in [0.05, 0.1) is 18.8 Å². The molecule has 3 unspecified atom stereocenters. The highest BCUT2D eigenvalue weighted by atomic mass is 32.2. The van der Waals surface area contributed by atoms with E-state index in [1.54, 1.807) is 5.48 Å². The molecule has 1 fully saturated rings. The lowest BCUT2D eigenvalue weighted by molar-refractivity contribution is -0.245. The average molecular weight is 770 g/mol. The van der Waals surface area contributed by atoms with Crippen LogP contribution in [-0.2, 0) is 32.2 Å². The molecule has 0 bridgehead atoms. The van der Waals surface area contributed by atoms with Gasteiger partial charge in [-0.25, -0.2) is 10.5 Å². The quantitative estimate of drug-likeness (QED) is 0.0458. The average Bonchev–Trinajstić information content (AvgIpc) is 3.70. The van der Waals surface area contributed by atoms with Gasteiger partial charge in [0.25, 0.3) is 5.22 Å². The van der Waals surface area contributed by atoms with Crippen molar-refractivity contribution in [3.8, 4) is 33.7 Å². The van der Waals surface area contributed by atoms with Gasteiger partial charge in [0.15, 0.2) is 12.1 Å². The van der Waals surface area contributed by atoms with Crippen molar-refractivity contribution in [3.63, 3.8) is 0 Å². The lowest BCUT2D eigenvalue weighted by Gasteiger charge is -2.36. The number of ether oxygens (including phenoxy) is 2. The summed E-state index contributed by atoms with van der Waals surface area (Å²) in [6.07, 6.45) is 0.117. The van der Waals surface area contributed by atoms with E-state index in [9.17, 15) is 14.7 Å². The Kier molecular flexibility index (Phi) is 13.0. The topological polar surface area (TPSA) is 143 Å². The molecule has 1 aliphatic heterocycles. The number of hydrogen-bond acceptors (Lipinski definition) is 9. The summed E-state index contributed by atoms with van der Waals surface area (Å²) in [5.41, 5.74) is 9.93. The predicted octanol–water partition coefficient (Wildman–Crippen LogP) is 8.80. The fraction of sp³-hybridized carbons (Fsp3) is 0.222. The Bertz CT molecular complexity index is 2140. The summed E-state index contributed by atoms with van der Waals surface area (Å²) in [5, 5.41) is 21.8. The van der Waals surface area contributed by atoms with Gasteiger partial charge in [0, 0.05) is 48.3 Å². The maximum absolute atomic E-state index is 12.4. The molecule has 56 heavy (non-hydrogen) atoms. The Hall–Kier alpha value is -5.56. The van der Waals surface area contributed by atoms with Crippen LogP contribution in [0.4, 0.5) is 0 Å². The van der Waals surface area contributed by atoms with Gasteiger partial charge in [0.2, 0.25) is 11.8 Å². The van der Waals surface area contributed by atoms with Crippen LogP contribution < -0.4 is 10.8 Å². The van der Waals surface area contributed by atoms with E-state index in [0.29, 0.717) is 30.4 Å². The summed E-state index contributed by atoms with van der Waals surface area (Å²) < 4.78 is 19.7. The van der Waals surface area contributed by atoms with Gasteiger partial charge >= 0.3 is 0 Å². The second kappa shape index (κ2) is 18.9. The number of nitrogens with zero attached hydrogens (tertiary/aromatic N) is 1. The van der Waals surface area contributed by atoms with Crippen molar-refractivity contribution in [2.45, 2.75) is 62.6 Å². The molecule has 10 nitrogen and oxygen atoms in total. The molecule has 1 aliphatic rings. The zero-order chi connectivity index (χ0) is 38.7. The molecule has 6 aromatic rings. The van der Waals surface area contributed by atoms with Crippen LogP contribution in [0.2, 0.25) is 0 Å². The number of oxazole rings is 1. The van der Waals surface area contributed by atoms with Gasteiger partial charge in [-0.2, -0.15) is 0 Å². The molecule has 4 N–H and O–H groups in total. The van der Waals surface area contributed by atoms with E-state index < -0.39 is 12.2 Å². The summed E-state index contributed by atoms with van der Waals surface area (Å²) in [6, 6.07) is 43.9. The Labute approximate surface area is 329 Å². The number of benzene rings is 5. The minimum atomic E-state index is -0.641. The first-order chi connectivity index (χ1) is 27.5. The van der Waals surface area contributed by atoms with Crippen molar-refractivity contribution >= 4 is 23.6 Å². The number of aromatic nitrogens is 1. The summed E-state index contributed by atoms with van der Waals surface area (Å²) in [6.45, 7) is 0.300. The Morgan fingerprint density at radius 2 is 1.39 bits per heavy atom. The minimum Gasteiger partial charge on any atom is -0.431 e. The third-order valence-electron chi connectivity index (χ3n) is 9.62. The van der Waals surface area contributed by atoms with E-state index in [1.807, 2.05) is 133 Å². The number of rotatable bonds is 15. The zero-order valence-corrected chi connectivity index (χ0v) is 31.5. The van der Waals surface area contributed by atoms with Gasteiger partial charge in [-0.05, 0) is 34.2 Å². The molecule has 0 spiro atoms. The van der Waals surface area contributed by atoms with Crippen LogP contribution in [0.1, 0.15) is 60.3 Å². The molecule has 7 rings (SSSR count). The molecular weight excluding hydrogens is 727 g/mol. The Balaban J connectivity index is 1.08. The van der Waals surface area contributed by atoms with E-state index in [-0.39, 0.29) is 37.6 Å². The van der Waals surface area contributed by atoms with Crippen molar-refractivity contribution in [2.24, 2.45) is 0 Å². The molecule has 0 radical (unpaired) electrons. The normalized spacial score (nSPS) is 16.6. The highest BCUT2D eigenvalue weighted by molar-refractivity contribution is 7.99. The van der Waals surface area contributed by atoms with Gasteiger partial charge < -0.3 is 24.3 Å². The predicted molar refractivity (Wildman–Crippen MR) is 214 cm³/mol. The smallest absolute Gasteiger partial charge is 0.256 e. The van der Waals surface area contributed by atoms with Crippen LogP contribution in [0.5, 0.6) is 0 Å². The molecule has 5 aromatic carbocycles. The number of carbonyl (C=O) groups excluding carboxylic acids is 2. The summed E-state index contributed by atoms with van der Waals surface area (Å²) >= 11 is 1.52. The fourth-order valence-corrected chi connectivity index (χ4v) is 7.49. The van der Waals surface area contributed by atoms with E-state index in [0.717, 1.165) is 56.0 Å². The van der Waals surface area contributed by atoms with E-state index in [4.69, 9.17) is 24.1 Å². The molecular formula is C45H43N3O7S. The molecule has 2 amide bonds. The van der Waals surface area contributed by atoms with E-state index >= 15 is 0 Å². The first-order valence-electron chi connectivity index (χ1n) is 18.6. The highest BCUT2D eigenvalue weighted by Gasteiger charge is 2.33. The van der Waals surface area contributed by atoms with Gasteiger partial charge in [-0.1, -0.05) is 145 Å². The number of aliphatic hydroxyl groups is 1. The van der Waals surface area contributed by atoms with E-state index in [2.05, 4.69) is 5.32 Å². The molecule has 11 heteroatoms. The summed E-state index contributed by atoms with van der Waals surface area (Å²) in [4.78, 5) is 28.7. The number of hydrogen-bond donors (Lipinski definition) is 4. The number of amides is 2. The maximum Gasteiger partial charge on any atom is 0.256 e. The second-order valence-electron chi connectivity index (χ2n) is 13.5. The number of carbonyl (C=O) groups is 2. The van der Waals surface area contributed by atoms with Crippen LogP contribution in [0.15, 0.2) is 143 Å². The van der Waals surface area contributed by atoms with Crippen LogP contribution in [0.3, 0.4) is 0 Å². The monoisotopic (exact) mass is 769 g/mol. The lowest BCUT2D eigenvalue weighted by Crippen LogP contribution is -2.31. The van der Waals surface area contributed by atoms with Crippen molar-refractivity contribution in [2.75, 3.05) is 5.75 Å². The van der Waals surface area contributed by atoms with Gasteiger partial charge in [-0.15, -0.1) is 0 Å². The van der Waals surface area contributed by atoms with Gasteiger partial charge in [0.1, 0.15) is 5.69 Å². The molecule has 2 heterocycles. The number of aliphatic hydroxyl groups excluding tert-OH is 1. The highest BCUT2D eigenvalue weighted by Crippen LogP contribution is 2.41. The largest absolute Gasteiger partial charge is 0.431 e. The summed E-state index contributed by atoms with van der Waals surface area (Å²) in [5.74, 6) is 0.621. The SMILES string of the molecule is O=C(CCCC(=O)NCc1ccccc1-c1ccc(C2OC(CSc3nc(-c4ccccc4)c(-c4ccccc4)o3)CC(c3ccc(CO)cc3)O2)cc1)NO.